The largest absolute Gasteiger partial charge is 0.396 e. The average Bonchev–Trinajstić information content (AvgIpc) is 2.51. The van der Waals surface area contributed by atoms with Gasteiger partial charge in [0.15, 0.2) is 0 Å². The van der Waals surface area contributed by atoms with Crippen LogP contribution in [0.2, 0.25) is 0 Å². The van der Waals surface area contributed by atoms with Gasteiger partial charge >= 0.3 is 0 Å². The Morgan fingerprint density at radius 2 is 2.43 bits per heavy atom. The van der Waals surface area contributed by atoms with Crippen molar-refractivity contribution in [2.45, 2.75) is 26.4 Å². The number of aliphatic hydroxyl groups excluding tert-OH is 2. The summed E-state index contributed by atoms with van der Waals surface area (Å²) < 4.78 is 0. The summed E-state index contributed by atoms with van der Waals surface area (Å²) in [4.78, 5) is 4.26. The van der Waals surface area contributed by atoms with Gasteiger partial charge in [0.2, 0.25) is 0 Å². The van der Waals surface area contributed by atoms with Crippen LogP contribution in [0.4, 0.5) is 0 Å². The number of aromatic nitrogens is 1. The van der Waals surface area contributed by atoms with E-state index in [1.54, 1.807) is 11.3 Å². The lowest BCUT2D eigenvalue weighted by Gasteiger charge is -2.08. The molecule has 1 aromatic heterocycles. The van der Waals surface area contributed by atoms with Crippen molar-refractivity contribution in [2.24, 2.45) is 0 Å². The van der Waals surface area contributed by atoms with Crippen LogP contribution in [0.3, 0.4) is 0 Å². The highest BCUT2D eigenvalue weighted by Gasteiger charge is 2.05. The van der Waals surface area contributed by atoms with Crippen molar-refractivity contribution in [3.05, 3.63) is 21.7 Å². The van der Waals surface area contributed by atoms with Gasteiger partial charge in [-0.05, 0) is 25.5 Å². The molecule has 0 aromatic carbocycles. The quantitative estimate of drug-likeness (QED) is 0.798. The minimum absolute atomic E-state index is 0.00242. The Labute approximate surface area is 87.7 Å². The van der Waals surface area contributed by atoms with Gasteiger partial charge in [-0.25, -0.2) is 4.98 Å². The van der Waals surface area contributed by atoms with Crippen LogP contribution in [-0.2, 0) is 0 Å². The van der Waals surface area contributed by atoms with Crippen LogP contribution in [0.1, 0.15) is 24.0 Å². The van der Waals surface area contributed by atoms with E-state index in [1.807, 2.05) is 25.3 Å². The van der Waals surface area contributed by atoms with Crippen LogP contribution >= 0.6 is 11.3 Å². The summed E-state index contributed by atoms with van der Waals surface area (Å²) in [6.45, 7) is 3.79. The fourth-order valence-electron chi connectivity index (χ4n) is 1.13. The summed E-state index contributed by atoms with van der Waals surface area (Å²) in [6.07, 6.45) is 1.66. The van der Waals surface area contributed by atoms with E-state index in [2.05, 4.69) is 4.98 Å². The first-order valence-corrected chi connectivity index (χ1v) is 5.40. The Balaban J connectivity index is 2.67. The molecule has 1 heterocycles. The second-order valence-electron chi connectivity index (χ2n) is 3.21. The third kappa shape index (κ3) is 3.21. The van der Waals surface area contributed by atoms with Crippen molar-refractivity contribution in [3.63, 3.8) is 0 Å². The van der Waals surface area contributed by atoms with Crippen molar-refractivity contribution < 1.29 is 10.2 Å². The molecule has 0 amide bonds. The zero-order valence-electron chi connectivity index (χ0n) is 8.40. The first-order chi connectivity index (χ1) is 6.63. The van der Waals surface area contributed by atoms with Crippen LogP contribution in [-0.4, -0.2) is 27.9 Å². The first-order valence-electron chi connectivity index (χ1n) is 4.52. The van der Waals surface area contributed by atoms with Crippen LogP contribution in [0.5, 0.6) is 0 Å². The van der Waals surface area contributed by atoms with E-state index in [0.29, 0.717) is 6.42 Å². The van der Waals surface area contributed by atoms with E-state index in [1.165, 1.54) is 0 Å². The molecule has 2 N–H and O–H groups in total. The maximum absolute atomic E-state index is 9.53. The van der Waals surface area contributed by atoms with E-state index in [0.717, 1.165) is 16.3 Å². The Hall–Kier alpha value is -0.710. The smallest absolute Gasteiger partial charge is 0.0901 e. The SMILES string of the molecule is C/C(=C\c1csc(C)n1)[C@@H](O)CCO. The molecule has 78 valence electrons. The lowest BCUT2D eigenvalue weighted by Crippen LogP contribution is -2.09. The number of hydrogen-bond acceptors (Lipinski definition) is 4. The van der Waals surface area contributed by atoms with Crippen LogP contribution in [0.25, 0.3) is 6.08 Å². The molecule has 0 spiro atoms. The van der Waals surface area contributed by atoms with E-state index in [9.17, 15) is 5.11 Å². The fourth-order valence-corrected chi connectivity index (χ4v) is 1.70. The summed E-state index contributed by atoms with van der Waals surface area (Å²) >= 11 is 1.58. The Morgan fingerprint density at radius 3 is 2.93 bits per heavy atom. The number of nitrogens with zero attached hydrogens (tertiary/aromatic N) is 1. The second kappa shape index (κ2) is 5.24. The zero-order chi connectivity index (χ0) is 10.6. The number of hydrogen-bond donors (Lipinski definition) is 2. The van der Waals surface area contributed by atoms with Crippen LogP contribution in [0.15, 0.2) is 11.0 Å². The fraction of sp³-hybridized carbons (Fsp3) is 0.500. The van der Waals surface area contributed by atoms with Gasteiger partial charge in [0, 0.05) is 18.4 Å². The molecule has 4 heteroatoms. The molecule has 0 aliphatic carbocycles. The van der Waals surface area contributed by atoms with Gasteiger partial charge < -0.3 is 10.2 Å². The molecule has 0 aliphatic rings. The molecule has 0 aliphatic heterocycles. The Morgan fingerprint density at radius 1 is 1.71 bits per heavy atom. The van der Waals surface area contributed by atoms with Gasteiger partial charge in [0.1, 0.15) is 0 Å². The average molecular weight is 213 g/mol. The van der Waals surface area contributed by atoms with Crippen molar-refractivity contribution in [2.75, 3.05) is 6.61 Å². The summed E-state index contributed by atoms with van der Waals surface area (Å²) in [5.41, 5.74) is 1.71. The molecule has 0 unspecified atom stereocenters. The first kappa shape index (κ1) is 11.4. The summed E-state index contributed by atoms with van der Waals surface area (Å²) in [5, 5.41) is 21.2. The Bertz CT molecular complexity index is 320. The summed E-state index contributed by atoms with van der Waals surface area (Å²) in [6, 6.07) is 0. The highest BCUT2D eigenvalue weighted by molar-refractivity contribution is 7.09. The molecule has 1 atom stereocenters. The normalized spacial score (nSPS) is 14.4. The van der Waals surface area contributed by atoms with Crippen LogP contribution in [0, 0.1) is 6.92 Å². The second-order valence-corrected chi connectivity index (χ2v) is 4.27. The zero-order valence-corrected chi connectivity index (χ0v) is 9.21. The van der Waals surface area contributed by atoms with Gasteiger partial charge in [0.05, 0.1) is 16.8 Å². The van der Waals surface area contributed by atoms with Gasteiger partial charge in [-0.3, -0.25) is 0 Å². The molecule has 3 nitrogen and oxygen atoms in total. The molecule has 14 heavy (non-hydrogen) atoms. The molecule has 0 radical (unpaired) electrons. The van der Waals surface area contributed by atoms with Crippen molar-refractivity contribution in [3.8, 4) is 0 Å². The highest BCUT2D eigenvalue weighted by atomic mass is 32.1. The maximum Gasteiger partial charge on any atom is 0.0901 e. The third-order valence-corrected chi connectivity index (χ3v) is 2.73. The lowest BCUT2D eigenvalue weighted by molar-refractivity contribution is 0.162. The van der Waals surface area contributed by atoms with Gasteiger partial charge in [0.25, 0.3) is 0 Å². The molecular formula is C10H15NO2S. The van der Waals surface area contributed by atoms with Crippen molar-refractivity contribution in [1.82, 2.24) is 4.98 Å². The highest BCUT2D eigenvalue weighted by Crippen LogP contribution is 2.14. The topological polar surface area (TPSA) is 53.4 Å². The molecule has 0 saturated carbocycles. The van der Waals surface area contributed by atoms with E-state index in [-0.39, 0.29) is 6.61 Å². The van der Waals surface area contributed by atoms with Gasteiger partial charge in [-0.15, -0.1) is 11.3 Å². The number of rotatable bonds is 4. The summed E-state index contributed by atoms with van der Waals surface area (Å²) in [7, 11) is 0. The number of aryl methyl sites for hydroxylation is 1. The Kier molecular flexibility index (Phi) is 4.25. The number of thiazole rings is 1. The number of aliphatic hydroxyl groups is 2. The molecule has 1 aromatic rings. The monoisotopic (exact) mass is 213 g/mol. The van der Waals surface area contributed by atoms with E-state index in [4.69, 9.17) is 5.11 Å². The van der Waals surface area contributed by atoms with Crippen molar-refractivity contribution in [1.29, 1.82) is 0 Å². The molecule has 0 fully saturated rings. The standard InChI is InChI=1S/C10H15NO2S/c1-7(10(13)3-4-12)5-9-6-14-8(2)11-9/h5-6,10,12-13H,3-4H2,1-2H3/b7-5+/t10-/m0/s1. The lowest BCUT2D eigenvalue weighted by atomic mass is 10.1. The van der Waals surface area contributed by atoms with Gasteiger partial charge in [-0.1, -0.05) is 0 Å². The van der Waals surface area contributed by atoms with Crippen LogP contribution < -0.4 is 0 Å². The third-order valence-electron chi connectivity index (χ3n) is 1.94. The van der Waals surface area contributed by atoms with Gasteiger partial charge in [-0.2, -0.15) is 0 Å². The van der Waals surface area contributed by atoms with E-state index < -0.39 is 6.10 Å². The molecule has 0 bridgehead atoms. The predicted molar refractivity (Wildman–Crippen MR) is 58.2 cm³/mol. The minimum Gasteiger partial charge on any atom is -0.396 e. The van der Waals surface area contributed by atoms with E-state index >= 15 is 0 Å². The minimum atomic E-state index is -0.568. The predicted octanol–water partition coefficient (Wildman–Crippen LogP) is 1.60. The molecule has 1 rings (SSSR count). The van der Waals surface area contributed by atoms with Crippen molar-refractivity contribution >= 4 is 17.4 Å². The molecule has 0 saturated heterocycles. The summed E-state index contributed by atoms with van der Waals surface area (Å²) in [5.74, 6) is 0. The molecular weight excluding hydrogens is 198 g/mol. The maximum atomic E-state index is 9.53.